The number of carbonyl (C=O) groups is 1. The number of aromatic amines is 1. The predicted octanol–water partition coefficient (Wildman–Crippen LogP) is 2.20. The van der Waals surface area contributed by atoms with E-state index in [4.69, 9.17) is 4.74 Å². The summed E-state index contributed by atoms with van der Waals surface area (Å²) in [6.07, 6.45) is 1.99. The fourth-order valence-electron chi connectivity index (χ4n) is 2.67. The maximum atomic E-state index is 12.6. The summed E-state index contributed by atoms with van der Waals surface area (Å²) in [6, 6.07) is 1.83. The smallest absolute Gasteiger partial charge is 0.267 e. The van der Waals surface area contributed by atoms with Crippen LogP contribution in [0.15, 0.2) is 11.4 Å². The van der Waals surface area contributed by atoms with Crippen molar-refractivity contribution in [1.29, 1.82) is 0 Å². The molecular formula is C14H18N4O2S. The largest absolute Gasteiger partial charge is 0.495 e. The summed E-state index contributed by atoms with van der Waals surface area (Å²) in [5.74, 6) is 2.52. The Labute approximate surface area is 127 Å². The third kappa shape index (κ3) is 2.78. The molecule has 6 nitrogen and oxygen atoms in total. The molecule has 2 aromatic rings. The highest BCUT2D eigenvalue weighted by molar-refractivity contribution is 7.12. The Morgan fingerprint density at radius 2 is 2.43 bits per heavy atom. The van der Waals surface area contributed by atoms with Gasteiger partial charge in [-0.2, -0.15) is 5.10 Å². The van der Waals surface area contributed by atoms with E-state index < -0.39 is 0 Å². The number of nitrogens with one attached hydrogen (secondary N) is 1. The van der Waals surface area contributed by atoms with Gasteiger partial charge in [0.15, 0.2) is 5.82 Å². The van der Waals surface area contributed by atoms with E-state index in [-0.39, 0.29) is 11.8 Å². The number of hydrogen-bond donors (Lipinski definition) is 1. The average Bonchev–Trinajstić information content (AvgIpc) is 3.15. The van der Waals surface area contributed by atoms with Gasteiger partial charge in [0.2, 0.25) is 0 Å². The molecule has 0 saturated carbocycles. The van der Waals surface area contributed by atoms with Gasteiger partial charge in [-0.3, -0.25) is 9.89 Å². The number of methoxy groups -OCH3 is 1. The molecule has 2 aromatic heterocycles. The van der Waals surface area contributed by atoms with E-state index in [9.17, 15) is 4.79 Å². The predicted molar refractivity (Wildman–Crippen MR) is 79.9 cm³/mol. The van der Waals surface area contributed by atoms with E-state index in [2.05, 4.69) is 15.2 Å². The van der Waals surface area contributed by atoms with Crippen LogP contribution in [0.4, 0.5) is 0 Å². The van der Waals surface area contributed by atoms with Gasteiger partial charge in [0.1, 0.15) is 16.5 Å². The lowest BCUT2D eigenvalue weighted by Crippen LogP contribution is -2.39. The highest BCUT2D eigenvalue weighted by atomic mass is 32.1. The van der Waals surface area contributed by atoms with Gasteiger partial charge in [-0.05, 0) is 31.2 Å². The van der Waals surface area contributed by atoms with Crippen LogP contribution in [-0.4, -0.2) is 46.2 Å². The third-order valence-corrected chi connectivity index (χ3v) is 4.62. The Balaban J connectivity index is 1.75. The molecule has 0 spiro atoms. The number of hydrogen-bond acceptors (Lipinski definition) is 5. The second-order valence-electron chi connectivity index (χ2n) is 5.19. The van der Waals surface area contributed by atoms with Crippen molar-refractivity contribution in [2.24, 2.45) is 0 Å². The Hall–Kier alpha value is -1.89. The van der Waals surface area contributed by atoms with Gasteiger partial charge in [-0.1, -0.05) is 0 Å². The number of nitrogens with zero attached hydrogens (tertiary/aromatic N) is 3. The Morgan fingerprint density at radius 3 is 3.14 bits per heavy atom. The molecule has 1 fully saturated rings. The Morgan fingerprint density at radius 1 is 1.57 bits per heavy atom. The number of aryl methyl sites for hydroxylation is 1. The standard InChI is InChI=1S/C14H18N4O2S/c1-9-15-13(17-16-9)10-4-3-6-18(8-10)14(19)12-11(20-2)5-7-21-12/h5,7,10H,3-4,6,8H2,1-2H3,(H,15,16,17). The molecule has 1 amide bonds. The maximum absolute atomic E-state index is 12.6. The number of piperidine rings is 1. The van der Waals surface area contributed by atoms with Crippen LogP contribution in [0.5, 0.6) is 5.75 Å². The number of aromatic nitrogens is 3. The van der Waals surface area contributed by atoms with E-state index in [0.29, 0.717) is 17.2 Å². The molecule has 1 saturated heterocycles. The summed E-state index contributed by atoms with van der Waals surface area (Å²) in [4.78, 5) is 19.6. The lowest BCUT2D eigenvalue weighted by Gasteiger charge is -2.31. The molecule has 0 bridgehead atoms. The zero-order valence-electron chi connectivity index (χ0n) is 12.1. The molecule has 7 heteroatoms. The summed E-state index contributed by atoms with van der Waals surface area (Å²) in [5.41, 5.74) is 0. The summed E-state index contributed by atoms with van der Waals surface area (Å²) in [6.45, 7) is 3.33. The van der Waals surface area contributed by atoms with Crippen LogP contribution in [0.2, 0.25) is 0 Å². The fourth-order valence-corrected chi connectivity index (χ4v) is 3.50. The van der Waals surface area contributed by atoms with Crippen molar-refractivity contribution < 1.29 is 9.53 Å². The minimum Gasteiger partial charge on any atom is -0.495 e. The van der Waals surface area contributed by atoms with Crippen LogP contribution < -0.4 is 4.74 Å². The van der Waals surface area contributed by atoms with E-state index in [1.807, 2.05) is 23.3 Å². The molecule has 1 unspecified atom stereocenters. The highest BCUT2D eigenvalue weighted by Crippen LogP contribution is 2.30. The minimum atomic E-state index is 0.0406. The normalized spacial score (nSPS) is 18.8. The molecule has 3 heterocycles. The number of amides is 1. The van der Waals surface area contributed by atoms with E-state index in [1.165, 1.54) is 11.3 Å². The van der Waals surface area contributed by atoms with Gasteiger partial charge >= 0.3 is 0 Å². The SMILES string of the molecule is COc1ccsc1C(=O)N1CCCC(c2n[nH]c(C)n2)C1. The van der Waals surface area contributed by atoms with Gasteiger partial charge in [0.05, 0.1) is 7.11 Å². The summed E-state index contributed by atoms with van der Waals surface area (Å²) >= 11 is 1.42. The highest BCUT2D eigenvalue weighted by Gasteiger charge is 2.29. The van der Waals surface area contributed by atoms with Crippen molar-refractivity contribution >= 4 is 17.2 Å². The van der Waals surface area contributed by atoms with Crippen LogP contribution in [0.3, 0.4) is 0 Å². The topological polar surface area (TPSA) is 71.1 Å². The molecule has 3 rings (SSSR count). The molecule has 1 atom stereocenters. The number of rotatable bonds is 3. The average molecular weight is 306 g/mol. The molecule has 0 aliphatic carbocycles. The van der Waals surface area contributed by atoms with Crippen LogP contribution in [0.1, 0.15) is 40.1 Å². The van der Waals surface area contributed by atoms with E-state index in [0.717, 1.165) is 31.0 Å². The van der Waals surface area contributed by atoms with Crippen molar-refractivity contribution in [3.63, 3.8) is 0 Å². The second kappa shape index (κ2) is 5.85. The zero-order chi connectivity index (χ0) is 14.8. The van der Waals surface area contributed by atoms with E-state index >= 15 is 0 Å². The number of thiophene rings is 1. The monoisotopic (exact) mass is 306 g/mol. The minimum absolute atomic E-state index is 0.0406. The number of likely N-dealkylation sites (tertiary alicyclic amines) is 1. The van der Waals surface area contributed by atoms with Crippen LogP contribution >= 0.6 is 11.3 Å². The summed E-state index contributed by atoms with van der Waals surface area (Å²) < 4.78 is 5.25. The number of carbonyl (C=O) groups excluding carboxylic acids is 1. The molecule has 21 heavy (non-hydrogen) atoms. The van der Waals surface area contributed by atoms with E-state index in [1.54, 1.807) is 7.11 Å². The Bertz CT molecular complexity index is 636. The van der Waals surface area contributed by atoms with Crippen molar-refractivity contribution in [1.82, 2.24) is 20.1 Å². The van der Waals surface area contributed by atoms with Gasteiger partial charge < -0.3 is 9.64 Å². The number of H-pyrrole nitrogens is 1. The quantitative estimate of drug-likeness (QED) is 0.943. The first kappa shape index (κ1) is 14.1. The summed E-state index contributed by atoms with van der Waals surface area (Å²) in [7, 11) is 1.59. The van der Waals surface area contributed by atoms with Gasteiger partial charge in [-0.15, -0.1) is 11.3 Å². The third-order valence-electron chi connectivity index (χ3n) is 3.73. The molecule has 1 aliphatic heterocycles. The van der Waals surface area contributed by atoms with Crippen LogP contribution in [-0.2, 0) is 0 Å². The lowest BCUT2D eigenvalue weighted by molar-refractivity contribution is 0.0706. The van der Waals surface area contributed by atoms with Gasteiger partial charge in [0.25, 0.3) is 5.91 Å². The first-order valence-electron chi connectivity index (χ1n) is 6.98. The Kier molecular flexibility index (Phi) is 3.92. The molecule has 1 N–H and O–H groups in total. The van der Waals surface area contributed by atoms with Crippen molar-refractivity contribution in [2.75, 3.05) is 20.2 Å². The van der Waals surface area contributed by atoms with Crippen molar-refractivity contribution in [2.45, 2.75) is 25.7 Å². The first-order chi connectivity index (χ1) is 10.2. The fraction of sp³-hybridized carbons (Fsp3) is 0.500. The molecule has 1 aliphatic rings. The maximum Gasteiger partial charge on any atom is 0.267 e. The van der Waals surface area contributed by atoms with Crippen molar-refractivity contribution in [3.8, 4) is 5.75 Å². The molecule has 0 aromatic carbocycles. The van der Waals surface area contributed by atoms with Gasteiger partial charge in [-0.25, -0.2) is 4.98 Å². The molecule has 112 valence electrons. The zero-order valence-corrected chi connectivity index (χ0v) is 12.9. The number of ether oxygens (including phenoxy) is 1. The molecule has 0 radical (unpaired) electrons. The molecular weight excluding hydrogens is 288 g/mol. The van der Waals surface area contributed by atoms with Crippen molar-refractivity contribution in [3.05, 3.63) is 28.0 Å². The van der Waals surface area contributed by atoms with Gasteiger partial charge in [0, 0.05) is 19.0 Å². The first-order valence-corrected chi connectivity index (χ1v) is 7.86. The van der Waals surface area contributed by atoms with Crippen LogP contribution in [0.25, 0.3) is 0 Å². The second-order valence-corrected chi connectivity index (χ2v) is 6.10. The summed E-state index contributed by atoms with van der Waals surface area (Å²) in [5, 5.41) is 8.99. The lowest BCUT2D eigenvalue weighted by atomic mass is 9.97. The van der Waals surface area contributed by atoms with Crippen LogP contribution in [0, 0.1) is 6.92 Å².